The molecule has 0 bridgehead atoms. The maximum atomic E-state index is 16.1. The quantitative estimate of drug-likeness (QED) is 0.154. The van der Waals surface area contributed by atoms with Gasteiger partial charge in [-0.15, -0.1) is 13.2 Å². The summed E-state index contributed by atoms with van der Waals surface area (Å²) in [5.74, 6) is -3.76. The highest BCUT2D eigenvalue weighted by Crippen LogP contribution is 2.55. The highest BCUT2D eigenvalue weighted by molar-refractivity contribution is 5.99. The molecule has 1 N–H and O–H groups in total. The molecule has 3 aliphatic rings. The van der Waals surface area contributed by atoms with Crippen LogP contribution in [0.2, 0.25) is 0 Å². The fourth-order valence-electron chi connectivity index (χ4n) is 10.2. The molecule has 346 valence electrons. The van der Waals surface area contributed by atoms with Crippen LogP contribution in [0.1, 0.15) is 97.0 Å². The lowest BCUT2D eigenvalue weighted by molar-refractivity contribution is -0.275. The summed E-state index contributed by atoms with van der Waals surface area (Å²) in [6, 6.07) is 9.02. The fraction of sp³-hybridized carbons (Fsp3) is 0.348. The molecular formula is C46H41F5N10O6. The Morgan fingerprint density at radius 3 is 2.51 bits per heavy atom. The van der Waals surface area contributed by atoms with Crippen molar-refractivity contribution < 1.29 is 40.7 Å². The van der Waals surface area contributed by atoms with Crippen molar-refractivity contribution in [3.05, 3.63) is 140 Å². The van der Waals surface area contributed by atoms with Crippen LogP contribution in [0.4, 0.5) is 22.0 Å². The van der Waals surface area contributed by atoms with Crippen LogP contribution in [0.15, 0.2) is 87.6 Å². The second-order valence-electron chi connectivity index (χ2n) is 18.1. The van der Waals surface area contributed by atoms with Gasteiger partial charge in [-0.3, -0.25) is 28.1 Å². The van der Waals surface area contributed by atoms with Crippen molar-refractivity contribution in [1.82, 2.24) is 48.1 Å². The summed E-state index contributed by atoms with van der Waals surface area (Å²) >= 11 is 0. The minimum atomic E-state index is -5.23. The summed E-state index contributed by atoms with van der Waals surface area (Å²) in [5, 5.41) is 13.1. The van der Waals surface area contributed by atoms with Gasteiger partial charge in [-0.2, -0.15) is 10.2 Å². The summed E-state index contributed by atoms with van der Waals surface area (Å²) in [7, 11) is 1.65. The number of nitrogens with zero attached hydrogens (tertiary/aromatic N) is 9. The Labute approximate surface area is 375 Å². The standard InChI is InChI=1S/C46H41F5N10O6/c1-24-36-31(11-15-58(24)40(62)29-23-57-22-26(25-12-18-65-44(2,3)20-25)5-8-33(57)37(29)45(13-14-45)41-53-42(63)67-55-41)54-61(27-6-7-30(47)35(19-27)66-46(49,50)51)39(36)60-17-16-59(43(60)64)34-10-9-32-28(38(34)48)21-52-56(32)4/h5-10,16-17,19,21-25H,11-15,18,20H2,1-4H3,(H,53,55,63)/t24-,25-/m0/s1. The summed E-state index contributed by atoms with van der Waals surface area (Å²) in [6.07, 6.45) is 5.48. The zero-order valence-electron chi connectivity index (χ0n) is 36.4. The number of nitrogens with one attached hydrogen (secondary N) is 1. The van der Waals surface area contributed by atoms with Crippen molar-refractivity contribution in [2.75, 3.05) is 13.2 Å². The molecule has 1 aliphatic carbocycles. The molecule has 21 heteroatoms. The van der Waals surface area contributed by atoms with Gasteiger partial charge in [0, 0.05) is 68.6 Å². The first-order valence-electron chi connectivity index (χ1n) is 21.7. The summed E-state index contributed by atoms with van der Waals surface area (Å²) in [6.45, 7) is 6.60. The highest BCUT2D eigenvalue weighted by atomic mass is 19.4. The topological polar surface area (TPSA) is 165 Å². The SMILES string of the molecule is C[C@H]1c2c(nn(-c3ccc(F)c(OC(F)(F)F)c3)c2-n2ccn(-c3ccc4c(cnn4C)c3F)c2=O)CCN1C(=O)c1cn2cc([C@H]3CCOC(C)(C)C3)ccc2c1C1(c2noc(=O)[nH]2)CC1. The maximum Gasteiger partial charge on any atom is 0.573 e. The number of halogens is 5. The third-order valence-electron chi connectivity index (χ3n) is 13.5. The number of alkyl halides is 3. The second kappa shape index (κ2) is 14.9. The molecule has 0 spiro atoms. The first-order valence-corrected chi connectivity index (χ1v) is 21.7. The number of pyridine rings is 1. The van der Waals surface area contributed by atoms with Crippen LogP contribution < -0.4 is 16.2 Å². The van der Waals surface area contributed by atoms with Crippen LogP contribution in [0.5, 0.6) is 5.75 Å². The zero-order valence-corrected chi connectivity index (χ0v) is 36.4. The number of imidazole rings is 1. The Morgan fingerprint density at radius 1 is 1.00 bits per heavy atom. The van der Waals surface area contributed by atoms with Crippen molar-refractivity contribution in [3.63, 3.8) is 0 Å². The number of aryl methyl sites for hydroxylation is 1. The molecule has 1 saturated carbocycles. The Balaban J connectivity index is 1.05. The molecule has 2 aliphatic heterocycles. The number of amides is 1. The number of aromatic nitrogens is 9. The molecule has 1 amide bonds. The number of ether oxygens (including phenoxy) is 2. The van der Waals surface area contributed by atoms with Crippen LogP contribution in [-0.2, 0) is 23.6 Å². The predicted octanol–water partition coefficient (Wildman–Crippen LogP) is 7.32. The largest absolute Gasteiger partial charge is 0.573 e. The number of fused-ring (bicyclic) bond motifs is 3. The number of hydrogen-bond acceptors (Lipinski definition) is 9. The first-order chi connectivity index (χ1) is 31.9. The van der Waals surface area contributed by atoms with Crippen LogP contribution in [-0.4, -0.2) is 79.2 Å². The van der Waals surface area contributed by atoms with E-state index in [0.717, 1.165) is 45.2 Å². The minimum absolute atomic E-state index is 0.0151. The van der Waals surface area contributed by atoms with E-state index < -0.39 is 46.6 Å². The number of rotatable bonds is 8. The first kappa shape index (κ1) is 42.4. The van der Waals surface area contributed by atoms with E-state index in [4.69, 9.17) is 14.4 Å². The molecule has 11 rings (SSSR count). The molecule has 2 fully saturated rings. The number of hydrogen-bond donors (Lipinski definition) is 1. The lowest BCUT2D eigenvalue weighted by atomic mass is 9.84. The van der Waals surface area contributed by atoms with E-state index in [-0.39, 0.29) is 53.0 Å². The number of carbonyl (C=O) groups excluding carboxylic acids is 1. The van der Waals surface area contributed by atoms with Crippen molar-refractivity contribution in [2.24, 2.45) is 7.05 Å². The van der Waals surface area contributed by atoms with Crippen molar-refractivity contribution in [3.8, 4) is 22.9 Å². The van der Waals surface area contributed by atoms with E-state index in [1.807, 2.05) is 16.7 Å². The molecule has 8 aromatic rings. The van der Waals surface area contributed by atoms with Gasteiger partial charge in [0.05, 0.1) is 62.3 Å². The van der Waals surface area contributed by atoms with Gasteiger partial charge >= 0.3 is 17.8 Å². The number of carbonyl (C=O) groups is 1. The Bertz CT molecular complexity index is 3440. The van der Waals surface area contributed by atoms with Gasteiger partial charge < -0.3 is 18.8 Å². The van der Waals surface area contributed by atoms with Gasteiger partial charge in [0.15, 0.2) is 23.2 Å². The highest BCUT2D eigenvalue weighted by Gasteiger charge is 2.53. The van der Waals surface area contributed by atoms with E-state index in [9.17, 15) is 27.2 Å². The molecule has 8 heterocycles. The van der Waals surface area contributed by atoms with E-state index in [1.165, 1.54) is 40.1 Å². The lowest BCUT2D eigenvalue weighted by Gasteiger charge is -2.35. The smallest absolute Gasteiger partial charge is 0.403 e. The average Bonchev–Trinajstić information content (AvgIpc) is 3.73. The fourth-order valence-corrected chi connectivity index (χ4v) is 10.2. The lowest BCUT2D eigenvalue weighted by Crippen LogP contribution is -2.40. The van der Waals surface area contributed by atoms with E-state index >= 15 is 9.18 Å². The van der Waals surface area contributed by atoms with E-state index in [1.54, 1.807) is 31.1 Å². The van der Waals surface area contributed by atoms with Gasteiger partial charge in [-0.05, 0) is 88.3 Å². The van der Waals surface area contributed by atoms with Crippen molar-refractivity contribution >= 4 is 22.3 Å². The molecule has 2 atom stereocenters. The van der Waals surface area contributed by atoms with Gasteiger partial charge in [0.25, 0.3) is 5.91 Å². The normalized spacial score (nSPS) is 19.0. The second-order valence-corrected chi connectivity index (χ2v) is 18.1. The maximum absolute atomic E-state index is 16.1. The van der Waals surface area contributed by atoms with Crippen LogP contribution in [0, 0.1) is 11.6 Å². The Kier molecular flexibility index (Phi) is 9.39. The van der Waals surface area contributed by atoms with Gasteiger partial charge in [0.1, 0.15) is 5.82 Å². The molecule has 6 aromatic heterocycles. The van der Waals surface area contributed by atoms with E-state index in [0.29, 0.717) is 53.2 Å². The summed E-state index contributed by atoms with van der Waals surface area (Å²) in [4.78, 5) is 46.7. The van der Waals surface area contributed by atoms with Gasteiger partial charge in [-0.25, -0.2) is 23.1 Å². The molecule has 2 aromatic carbocycles. The van der Waals surface area contributed by atoms with Crippen LogP contribution in [0.3, 0.4) is 0 Å². The monoisotopic (exact) mass is 924 g/mol. The van der Waals surface area contributed by atoms with Crippen LogP contribution >= 0.6 is 0 Å². The number of benzene rings is 2. The summed E-state index contributed by atoms with van der Waals surface area (Å²) in [5.41, 5.74) is 1.90. The Hall–Kier alpha value is -7.29. The average molecular weight is 925 g/mol. The molecule has 1 saturated heterocycles. The molecular weight excluding hydrogens is 884 g/mol. The molecule has 0 radical (unpaired) electrons. The number of H-pyrrole nitrogens is 1. The molecule has 67 heavy (non-hydrogen) atoms. The van der Waals surface area contributed by atoms with E-state index in [2.05, 4.69) is 39.9 Å². The van der Waals surface area contributed by atoms with Gasteiger partial charge in [-0.1, -0.05) is 11.2 Å². The minimum Gasteiger partial charge on any atom is -0.403 e. The third kappa shape index (κ3) is 6.88. The number of aromatic amines is 1. The van der Waals surface area contributed by atoms with Crippen LogP contribution in [0.25, 0.3) is 33.6 Å². The molecule has 16 nitrogen and oxygen atoms in total. The predicted molar refractivity (Wildman–Crippen MR) is 229 cm³/mol. The summed E-state index contributed by atoms with van der Waals surface area (Å²) < 4.78 is 93.2. The van der Waals surface area contributed by atoms with Crippen molar-refractivity contribution in [2.45, 2.75) is 82.2 Å². The molecule has 0 unspecified atom stereocenters. The zero-order chi connectivity index (χ0) is 46.9. The third-order valence-corrected chi connectivity index (χ3v) is 13.5. The van der Waals surface area contributed by atoms with Crippen molar-refractivity contribution in [1.29, 1.82) is 0 Å². The van der Waals surface area contributed by atoms with Gasteiger partial charge in [0.2, 0.25) is 0 Å². The Morgan fingerprint density at radius 2 is 1.78 bits per heavy atom.